The van der Waals surface area contributed by atoms with E-state index in [9.17, 15) is 31.5 Å². The number of piperazine rings is 1. The first-order valence-corrected chi connectivity index (χ1v) is 11.7. The van der Waals surface area contributed by atoms with E-state index in [0.717, 1.165) is 6.07 Å². The molecule has 0 spiro atoms. The third-order valence-corrected chi connectivity index (χ3v) is 6.87. The molecule has 1 aliphatic rings. The second-order valence-electron chi connectivity index (χ2n) is 7.64. The summed E-state index contributed by atoms with van der Waals surface area (Å²) in [6, 6.07) is 12.5. The number of halogens is 3. The van der Waals surface area contributed by atoms with Gasteiger partial charge in [0.25, 0.3) is 10.0 Å². The Morgan fingerprint density at radius 3 is 2.06 bits per heavy atom. The molecule has 1 fully saturated rings. The maximum Gasteiger partial charge on any atom is 0.335 e. The summed E-state index contributed by atoms with van der Waals surface area (Å²) in [5.41, 5.74) is 0.688. The minimum atomic E-state index is -4.35. The summed E-state index contributed by atoms with van der Waals surface area (Å²) >= 11 is 0. The van der Waals surface area contributed by atoms with Gasteiger partial charge < -0.3 is 14.9 Å². The van der Waals surface area contributed by atoms with Gasteiger partial charge >= 0.3 is 5.97 Å². The summed E-state index contributed by atoms with van der Waals surface area (Å²) in [6.45, 7) is 1.69. The van der Waals surface area contributed by atoms with Gasteiger partial charge in [0, 0.05) is 26.2 Å². The smallest absolute Gasteiger partial charge is 0.335 e. The monoisotopic (exact) mass is 491 g/mol. The molecule has 3 aromatic carbocycles. The van der Waals surface area contributed by atoms with Gasteiger partial charge in [0.2, 0.25) is 0 Å². The average Bonchev–Trinajstić information content (AvgIpc) is 2.81. The number of carbonyl (C=O) groups is 1. The highest BCUT2D eigenvalue weighted by molar-refractivity contribution is 7.92. The van der Waals surface area contributed by atoms with E-state index < -0.39 is 32.5 Å². The number of aromatic carboxylic acids is 1. The fourth-order valence-electron chi connectivity index (χ4n) is 3.77. The zero-order valence-electron chi connectivity index (χ0n) is 17.7. The second-order valence-corrected chi connectivity index (χ2v) is 9.33. The molecule has 0 aliphatic carbocycles. The van der Waals surface area contributed by atoms with Crippen LogP contribution in [0, 0.1) is 17.5 Å². The van der Waals surface area contributed by atoms with Crippen LogP contribution in [0.15, 0.2) is 65.6 Å². The van der Waals surface area contributed by atoms with Crippen LogP contribution in [0.2, 0.25) is 0 Å². The molecule has 1 aliphatic heterocycles. The maximum absolute atomic E-state index is 14.1. The van der Waals surface area contributed by atoms with Crippen molar-refractivity contribution in [1.29, 1.82) is 0 Å². The van der Waals surface area contributed by atoms with Gasteiger partial charge in [0.15, 0.2) is 11.6 Å². The minimum Gasteiger partial charge on any atom is -0.478 e. The molecule has 0 radical (unpaired) electrons. The first-order valence-electron chi connectivity index (χ1n) is 10.3. The number of anilines is 3. The van der Waals surface area contributed by atoms with E-state index in [1.54, 1.807) is 18.2 Å². The zero-order valence-corrected chi connectivity index (χ0v) is 18.5. The van der Waals surface area contributed by atoms with Gasteiger partial charge in [-0.15, -0.1) is 0 Å². The highest BCUT2D eigenvalue weighted by Crippen LogP contribution is 2.31. The van der Waals surface area contributed by atoms with E-state index in [-0.39, 0.29) is 17.1 Å². The molecule has 1 saturated heterocycles. The standard InChI is InChI=1S/C23H20F3N3O4S/c24-17-7-6-16(14-19(17)26)34(32,33)27-20-13-15(23(30)31)5-8-22(20)29-11-9-28(10-12-29)21-4-2-1-3-18(21)25/h1-8,13-14,27H,9-12H2,(H,30,31). The fraction of sp³-hybridized carbons (Fsp3) is 0.174. The van der Waals surface area contributed by atoms with Crippen molar-refractivity contribution in [2.24, 2.45) is 0 Å². The van der Waals surface area contributed by atoms with Crippen LogP contribution >= 0.6 is 0 Å². The fourth-order valence-corrected chi connectivity index (χ4v) is 4.85. The van der Waals surface area contributed by atoms with Crippen molar-refractivity contribution >= 4 is 33.1 Å². The van der Waals surface area contributed by atoms with Gasteiger partial charge in [0.05, 0.1) is 27.5 Å². The lowest BCUT2D eigenvalue weighted by Crippen LogP contribution is -2.47. The van der Waals surface area contributed by atoms with Crippen molar-refractivity contribution in [2.45, 2.75) is 4.90 Å². The van der Waals surface area contributed by atoms with Gasteiger partial charge in [-0.2, -0.15) is 0 Å². The Hall–Kier alpha value is -3.73. The molecule has 34 heavy (non-hydrogen) atoms. The Balaban J connectivity index is 1.62. The third kappa shape index (κ3) is 4.79. The lowest BCUT2D eigenvalue weighted by Gasteiger charge is -2.38. The molecular formula is C23H20F3N3O4S. The van der Waals surface area contributed by atoms with Crippen LogP contribution in [0.3, 0.4) is 0 Å². The number of carboxylic acid groups (broad SMARTS) is 1. The molecule has 2 N–H and O–H groups in total. The number of benzene rings is 3. The third-order valence-electron chi connectivity index (χ3n) is 5.50. The normalized spacial score (nSPS) is 14.2. The zero-order chi connectivity index (χ0) is 24.5. The van der Waals surface area contributed by atoms with Crippen molar-refractivity contribution in [3.63, 3.8) is 0 Å². The lowest BCUT2D eigenvalue weighted by atomic mass is 10.1. The Morgan fingerprint density at radius 1 is 0.794 bits per heavy atom. The van der Waals surface area contributed by atoms with Crippen molar-refractivity contribution in [3.05, 3.63) is 83.7 Å². The highest BCUT2D eigenvalue weighted by Gasteiger charge is 2.25. The van der Waals surface area contributed by atoms with Gasteiger partial charge in [-0.3, -0.25) is 4.72 Å². The quantitative estimate of drug-likeness (QED) is 0.543. The first-order chi connectivity index (χ1) is 16.2. The molecule has 178 valence electrons. The molecule has 1 heterocycles. The van der Waals surface area contributed by atoms with Crippen LogP contribution in [0.25, 0.3) is 0 Å². The summed E-state index contributed by atoms with van der Waals surface area (Å²) in [5.74, 6) is -4.13. The summed E-state index contributed by atoms with van der Waals surface area (Å²) in [4.78, 5) is 14.7. The number of sulfonamides is 1. The number of hydrogen-bond acceptors (Lipinski definition) is 5. The topological polar surface area (TPSA) is 89.9 Å². The van der Waals surface area contributed by atoms with E-state index in [0.29, 0.717) is 49.7 Å². The number of nitrogens with zero attached hydrogens (tertiary/aromatic N) is 2. The van der Waals surface area contributed by atoms with Crippen molar-refractivity contribution in [3.8, 4) is 0 Å². The van der Waals surface area contributed by atoms with Crippen LogP contribution in [0.5, 0.6) is 0 Å². The van der Waals surface area contributed by atoms with Crippen LogP contribution < -0.4 is 14.5 Å². The lowest BCUT2D eigenvalue weighted by molar-refractivity contribution is 0.0697. The summed E-state index contributed by atoms with van der Waals surface area (Å²) in [6.07, 6.45) is 0. The predicted octanol–water partition coefficient (Wildman–Crippen LogP) is 3.93. The molecule has 3 aromatic rings. The van der Waals surface area contributed by atoms with E-state index in [1.807, 2.05) is 9.80 Å². The summed E-state index contributed by atoms with van der Waals surface area (Å²) in [5, 5.41) is 9.36. The van der Waals surface area contributed by atoms with E-state index in [2.05, 4.69) is 4.72 Å². The Morgan fingerprint density at radius 2 is 1.44 bits per heavy atom. The molecule has 0 bridgehead atoms. The van der Waals surface area contributed by atoms with Gasteiger partial charge in [-0.05, 0) is 48.5 Å². The SMILES string of the molecule is O=C(O)c1ccc(N2CCN(c3ccccc3F)CC2)c(NS(=O)(=O)c2ccc(F)c(F)c2)c1. The minimum absolute atomic E-state index is 0.0241. The van der Waals surface area contributed by atoms with Crippen LogP contribution in [-0.2, 0) is 10.0 Å². The van der Waals surface area contributed by atoms with Gasteiger partial charge in [0.1, 0.15) is 5.82 Å². The van der Waals surface area contributed by atoms with E-state index >= 15 is 0 Å². The van der Waals surface area contributed by atoms with E-state index in [4.69, 9.17) is 0 Å². The molecular weight excluding hydrogens is 471 g/mol. The molecule has 7 nitrogen and oxygen atoms in total. The first kappa shape index (κ1) is 23.4. The summed E-state index contributed by atoms with van der Waals surface area (Å²) in [7, 11) is -4.35. The number of rotatable bonds is 6. The largest absolute Gasteiger partial charge is 0.478 e. The molecule has 0 atom stereocenters. The van der Waals surface area contributed by atoms with Crippen molar-refractivity contribution in [1.82, 2.24) is 0 Å². The molecule has 11 heteroatoms. The molecule has 0 saturated carbocycles. The van der Waals surface area contributed by atoms with Crippen LogP contribution in [0.4, 0.5) is 30.2 Å². The van der Waals surface area contributed by atoms with Crippen molar-refractivity contribution < 1.29 is 31.5 Å². The number of nitrogens with one attached hydrogen (secondary N) is 1. The average molecular weight is 491 g/mol. The van der Waals surface area contributed by atoms with Crippen LogP contribution in [0.1, 0.15) is 10.4 Å². The van der Waals surface area contributed by atoms with E-state index in [1.165, 1.54) is 24.3 Å². The number of para-hydroxylation sites is 1. The summed E-state index contributed by atoms with van der Waals surface area (Å²) < 4.78 is 69.0. The predicted molar refractivity (Wildman–Crippen MR) is 121 cm³/mol. The molecule has 4 rings (SSSR count). The maximum atomic E-state index is 14.1. The van der Waals surface area contributed by atoms with Crippen molar-refractivity contribution in [2.75, 3.05) is 40.7 Å². The Labute approximate surface area is 194 Å². The Kier molecular flexibility index (Phi) is 6.38. The molecule has 0 unspecified atom stereocenters. The van der Waals surface area contributed by atoms with Crippen LogP contribution in [-0.4, -0.2) is 45.7 Å². The van der Waals surface area contributed by atoms with Gasteiger partial charge in [-0.25, -0.2) is 26.4 Å². The van der Waals surface area contributed by atoms with Gasteiger partial charge in [-0.1, -0.05) is 12.1 Å². The number of carboxylic acids is 1. The highest BCUT2D eigenvalue weighted by atomic mass is 32.2. The Bertz CT molecular complexity index is 1340. The molecule has 0 aromatic heterocycles. The molecule has 0 amide bonds. The second kappa shape index (κ2) is 9.26. The number of hydrogen-bond donors (Lipinski definition) is 2.